The summed E-state index contributed by atoms with van der Waals surface area (Å²) in [6.07, 6.45) is 10.0. The van der Waals surface area contributed by atoms with E-state index in [9.17, 15) is 14.4 Å². The van der Waals surface area contributed by atoms with Crippen molar-refractivity contribution in [2.45, 2.75) is 89.4 Å². The highest BCUT2D eigenvalue weighted by molar-refractivity contribution is 8.14. The average Bonchev–Trinajstić information content (AvgIpc) is 3.17. The van der Waals surface area contributed by atoms with Crippen molar-refractivity contribution >= 4 is 28.6 Å². The molecule has 4 aliphatic carbocycles. The first-order valence-electron chi connectivity index (χ1n) is 11.3. The molecule has 158 valence electrons. The number of thioether (sulfide) groups is 1. The average molecular weight is 417 g/mol. The first-order chi connectivity index (χ1) is 13.7. The third-order valence-electron chi connectivity index (χ3n) is 9.61. The zero-order valence-electron chi connectivity index (χ0n) is 17.8. The van der Waals surface area contributed by atoms with E-state index in [0.29, 0.717) is 30.6 Å². The summed E-state index contributed by atoms with van der Waals surface area (Å²) in [4.78, 5) is 36.4. The number of fused-ring (bicyclic) bond motifs is 6. The van der Waals surface area contributed by atoms with E-state index in [1.807, 2.05) is 6.08 Å². The molecule has 1 aliphatic heterocycles. The van der Waals surface area contributed by atoms with Crippen LogP contribution in [0.2, 0.25) is 0 Å². The smallest absolute Gasteiger partial charge is 0.306 e. The fraction of sp³-hybridized carbons (Fsp3) is 0.792. The minimum atomic E-state index is -0.287. The molecule has 1 heterocycles. The Morgan fingerprint density at radius 3 is 2.52 bits per heavy atom. The van der Waals surface area contributed by atoms with Gasteiger partial charge in [0, 0.05) is 30.4 Å². The number of esters is 1. The monoisotopic (exact) mass is 416 g/mol. The predicted octanol–water partition coefficient (Wildman–Crippen LogP) is 4.85. The van der Waals surface area contributed by atoms with Crippen LogP contribution in [-0.4, -0.2) is 27.7 Å². The number of hydrogen-bond donors (Lipinski definition) is 0. The summed E-state index contributed by atoms with van der Waals surface area (Å²) < 4.78 is 6.06. The van der Waals surface area contributed by atoms with E-state index in [0.717, 1.165) is 44.9 Å². The van der Waals surface area contributed by atoms with Gasteiger partial charge < -0.3 is 4.74 Å². The van der Waals surface area contributed by atoms with Crippen molar-refractivity contribution in [2.24, 2.45) is 28.6 Å². The van der Waals surface area contributed by atoms with Gasteiger partial charge in [0.25, 0.3) is 0 Å². The number of carbonyl (C=O) groups is 3. The van der Waals surface area contributed by atoms with Crippen LogP contribution < -0.4 is 0 Å². The Morgan fingerprint density at radius 2 is 1.83 bits per heavy atom. The molecule has 0 aromatic rings. The molecule has 5 rings (SSSR count). The van der Waals surface area contributed by atoms with Crippen LogP contribution in [0.1, 0.15) is 78.6 Å². The summed E-state index contributed by atoms with van der Waals surface area (Å²) in [5.74, 6) is 1.67. The number of carbonyl (C=O) groups excluding carboxylic acids is 3. The van der Waals surface area contributed by atoms with Gasteiger partial charge in [-0.25, -0.2) is 0 Å². The number of ether oxygens (including phenoxy) is 1. The van der Waals surface area contributed by atoms with Gasteiger partial charge in [0.05, 0.1) is 0 Å². The van der Waals surface area contributed by atoms with E-state index in [1.54, 1.807) is 6.92 Å². The highest BCUT2D eigenvalue weighted by atomic mass is 32.2. The SMILES string of the molecule is CC(=O)SC1CC2=CC(=O)CC[C@]2(C)[C@H]2CC[C@@]3(C)[C@@H](CC[C@@]34CCC(=O)O4)[C@H]12. The van der Waals surface area contributed by atoms with E-state index < -0.39 is 0 Å². The lowest BCUT2D eigenvalue weighted by molar-refractivity contribution is -0.167. The lowest BCUT2D eigenvalue weighted by Gasteiger charge is -2.61. The minimum absolute atomic E-state index is 0.0119. The zero-order chi connectivity index (χ0) is 20.6. The maximum atomic E-state index is 12.2. The number of rotatable bonds is 1. The van der Waals surface area contributed by atoms with Crippen LogP contribution in [0.3, 0.4) is 0 Å². The van der Waals surface area contributed by atoms with Crippen molar-refractivity contribution < 1.29 is 19.1 Å². The third-order valence-corrected chi connectivity index (χ3v) is 10.7. The molecule has 29 heavy (non-hydrogen) atoms. The fourth-order valence-electron chi connectivity index (χ4n) is 8.13. The third kappa shape index (κ3) is 2.68. The fourth-order valence-corrected chi connectivity index (χ4v) is 9.36. The molecule has 3 saturated carbocycles. The lowest BCUT2D eigenvalue weighted by atomic mass is 9.46. The van der Waals surface area contributed by atoms with Gasteiger partial charge in [-0.1, -0.05) is 31.2 Å². The molecule has 0 amide bonds. The molecular formula is C24H32O4S. The second kappa shape index (κ2) is 6.45. The number of hydrogen-bond acceptors (Lipinski definition) is 5. The second-order valence-electron chi connectivity index (χ2n) is 10.7. The Balaban J connectivity index is 1.56. The van der Waals surface area contributed by atoms with Crippen LogP contribution >= 0.6 is 11.8 Å². The molecule has 1 saturated heterocycles. The van der Waals surface area contributed by atoms with Crippen molar-refractivity contribution in [3.63, 3.8) is 0 Å². The summed E-state index contributed by atoms with van der Waals surface area (Å²) in [6.45, 7) is 6.42. The van der Waals surface area contributed by atoms with E-state index in [-0.39, 0.29) is 38.5 Å². The highest BCUT2D eigenvalue weighted by Gasteiger charge is 2.68. The van der Waals surface area contributed by atoms with Crippen molar-refractivity contribution in [1.82, 2.24) is 0 Å². The molecule has 4 nitrogen and oxygen atoms in total. The number of ketones is 1. The predicted molar refractivity (Wildman–Crippen MR) is 112 cm³/mol. The summed E-state index contributed by atoms with van der Waals surface area (Å²) in [5.41, 5.74) is 1.09. The van der Waals surface area contributed by atoms with Gasteiger partial charge in [0.1, 0.15) is 5.60 Å². The molecule has 5 heteroatoms. The summed E-state index contributed by atoms with van der Waals surface area (Å²) in [6, 6.07) is 0. The van der Waals surface area contributed by atoms with Crippen molar-refractivity contribution in [1.29, 1.82) is 0 Å². The molecule has 5 aliphatic rings. The Bertz CT molecular complexity index is 818. The normalized spacial score (nSPS) is 48.6. The lowest BCUT2D eigenvalue weighted by Crippen LogP contribution is -2.57. The maximum absolute atomic E-state index is 12.2. The molecule has 0 bridgehead atoms. The van der Waals surface area contributed by atoms with Gasteiger partial charge in [-0.15, -0.1) is 0 Å². The van der Waals surface area contributed by atoms with Gasteiger partial charge in [0.15, 0.2) is 10.9 Å². The topological polar surface area (TPSA) is 60.4 Å². The van der Waals surface area contributed by atoms with E-state index in [4.69, 9.17) is 4.74 Å². The molecule has 0 radical (unpaired) electrons. The first-order valence-corrected chi connectivity index (χ1v) is 12.2. The molecule has 4 fully saturated rings. The van der Waals surface area contributed by atoms with Crippen LogP contribution in [0.15, 0.2) is 11.6 Å². The molecule has 0 aromatic carbocycles. The molecule has 0 N–H and O–H groups in total. The highest BCUT2D eigenvalue weighted by Crippen LogP contribution is 2.70. The number of allylic oxidation sites excluding steroid dienone is 1. The maximum Gasteiger partial charge on any atom is 0.306 e. The largest absolute Gasteiger partial charge is 0.458 e. The van der Waals surface area contributed by atoms with Crippen molar-refractivity contribution in [3.8, 4) is 0 Å². The van der Waals surface area contributed by atoms with Gasteiger partial charge >= 0.3 is 5.97 Å². The van der Waals surface area contributed by atoms with Crippen LogP contribution in [0.4, 0.5) is 0 Å². The second-order valence-corrected chi connectivity index (χ2v) is 12.1. The first kappa shape index (κ1) is 19.8. The Labute approximate surface area is 177 Å². The van der Waals surface area contributed by atoms with Crippen LogP contribution in [0, 0.1) is 28.6 Å². The Kier molecular flexibility index (Phi) is 4.41. The molecule has 1 unspecified atom stereocenters. The van der Waals surface area contributed by atoms with Crippen molar-refractivity contribution in [2.75, 3.05) is 0 Å². The van der Waals surface area contributed by atoms with Crippen LogP contribution in [-0.2, 0) is 19.1 Å². The van der Waals surface area contributed by atoms with Gasteiger partial charge in [-0.05, 0) is 74.2 Å². The molecule has 7 atom stereocenters. The van der Waals surface area contributed by atoms with Gasteiger partial charge in [-0.2, -0.15) is 0 Å². The molecular weight excluding hydrogens is 384 g/mol. The van der Waals surface area contributed by atoms with Gasteiger partial charge in [-0.3, -0.25) is 14.4 Å². The quantitative estimate of drug-likeness (QED) is 0.572. The van der Waals surface area contributed by atoms with Gasteiger partial charge in [0.2, 0.25) is 0 Å². The van der Waals surface area contributed by atoms with E-state index in [2.05, 4.69) is 13.8 Å². The zero-order valence-corrected chi connectivity index (χ0v) is 18.6. The molecule has 1 spiro atoms. The van der Waals surface area contributed by atoms with E-state index >= 15 is 0 Å². The Morgan fingerprint density at radius 1 is 1.07 bits per heavy atom. The van der Waals surface area contributed by atoms with Crippen molar-refractivity contribution in [3.05, 3.63) is 11.6 Å². The summed E-state index contributed by atoms with van der Waals surface area (Å²) >= 11 is 1.50. The van der Waals surface area contributed by atoms with Crippen LogP contribution in [0.5, 0.6) is 0 Å². The van der Waals surface area contributed by atoms with Crippen LogP contribution in [0.25, 0.3) is 0 Å². The summed E-state index contributed by atoms with van der Waals surface area (Å²) in [7, 11) is 0. The van der Waals surface area contributed by atoms with E-state index in [1.165, 1.54) is 17.3 Å². The standard InChI is InChI=1S/C24H32O4S/c1-14(25)29-19-13-15-12-16(26)4-8-22(15,2)17-5-9-23(3)18(21(17)19)6-10-24(23)11-7-20(27)28-24/h12,17-19,21H,4-11,13H2,1-3H3/t17-,18-,19?,21+,22-,23-,24+/m0/s1. The summed E-state index contributed by atoms with van der Waals surface area (Å²) in [5, 5.41) is 0.409. The molecule has 0 aromatic heterocycles. The Hall–Kier alpha value is -1.10. The minimum Gasteiger partial charge on any atom is -0.458 e.